The monoisotopic (exact) mass is 402 g/mol. The van der Waals surface area contributed by atoms with Crippen molar-refractivity contribution >= 4 is 16.7 Å². The van der Waals surface area contributed by atoms with Crippen LogP contribution in [-0.4, -0.2) is 64.6 Å². The molecule has 0 bridgehead atoms. The number of carbonyl (C=O) groups excluding carboxylic acids is 1. The van der Waals surface area contributed by atoms with E-state index in [2.05, 4.69) is 27.0 Å². The second-order valence-electron chi connectivity index (χ2n) is 8.15. The molecule has 0 N–H and O–H groups in total. The van der Waals surface area contributed by atoms with Gasteiger partial charge in [0.05, 0.1) is 13.2 Å². The number of piperidine rings is 1. The maximum atomic E-state index is 13.4. The van der Waals surface area contributed by atoms with Crippen LogP contribution in [0.5, 0.6) is 0 Å². The van der Waals surface area contributed by atoms with Crippen LogP contribution in [0.2, 0.25) is 0 Å². The lowest BCUT2D eigenvalue weighted by molar-refractivity contribution is 0.0368. The molecule has 2 saturated heterocycles. The minimum Gasteiger partial charge on any atom is -0.380 e. The number of nitrogens with zero attached hydrogens (tertiary/aromatic N) is 4. The zero-order valence-electron chi connectivity index (χ0n) is 17.0. The minimum atomic E-state index is 0.0271. The number of carbonyl (C=O) groups is 1. The molecule has 0 spiro atoms. The van der Waals surface area contributed by atoms with E-state index in [-0.39, 0.29) is 11.9 Å². The molecule has 2 aromatic heterocycles. The molecule has 2 atom stereocenters. The van der Waals surface area contributed by atoms with Crippen molar-refractivity contribution in [2.45, 2.75) is 19.0 Å². The zero-order valence-corrected chi connectivity index (χ0v) is 17.0. The van der Waals surface area contributed by atoms with Gasteiger partial charge in [-0.05, 0) is 35.6 Å². The molecule has 1 amide bonds. The number of pyridine rings is 2. The number of aromatic nitrogens is 2. The quantitative estimate of drug-likeness (QED) is 0.674. The van der Waals surface area contributed by atoms with E-state index in [1.807, 2.05) is 47.6 Å². The summed E-state index contributed by atoms with van der Waals surface area (Å²) in [5, 5.41) is 1.97. The highest BCUT2D eigenvalue weighted by Gasteiger charge is 2.37. The molecular formula is C24H26N4O2. The molecule has 0 aliphatic carbocycles. The van der Waals surface area contributed by atoms with Crippen LogP contribution in [0.1, 0.15) is 22.5 Å². The van der Waals surface area contributed by atoms with E-state index in [0.29, 0.717) is 18.2 Å². The van der Waals surface area contributed by atoms with Crippen molar-refractivity contribution in [3.63, 3.8) is 0 Å². The molecule has 2 aliphatic rings. The van der Waals surface area contributed by atoms with Crippen molar-refractivity contribution in [2.24, 2.45) is 5.92 Å². The highest BCUT2D eigenvalue weighted by atomic mass is 16.5. The normalized spacial score (nSPS) is 22.5. The Balaban J connectivity index is 1.39. The fourth-order valence-electron chi connectivity index (χ4n) is 4.71. The molecule has 0 unspecified atom stereocenters. The fourth-order valence-corrected chi connectivity index (χ4v) is 4.71. The molecule has 1 aromatic carbocycles. The van der Waals surface area contributed by atoms with Crippen molar-refractivity contribution in [1.29, 1.82) is 0 Å². The average Bonchev–Trinajstić information content (AvgIpc) is 3.00. The van der Waals surface area contributed by atoms with Gasteiger partial charge in [0.1, 0.15) is 5.69 Å². The van der Waals surface area contributed by atoms with Gasteiger partial charge in [0.25, 0.3) is 5.91 Å². The first kappa shape index (κ1) is 19.2. The third-order valence-electron chi connectivity index (χ3n) is 6.34. The van der Waals surface area contributed by atoms with Crippen LogP contribution >= 0.6 is 0 Å². The second-order valence-corrected chi connectivity index (χ2v) is 8.15. The van der Waals surface area contributed by atoms with Crippen LogP contribution < -0.4 is 0 Å². The van der Waals surface area contributed by atoms with Gasteiger partial charge in [-0.1, -0.05) is 24.3 Å². The molecule has 6 heteroatoms. The van der Waals surface area contributed by atoms with Gasteiger partial charge in [-0.2, -0.15) is 0 Å². The van der Waals surface area contributed by atoms with E-state index >= 15 is 0 Å². The third-order valence-corrected chi connectivity index (χ3v) is 6.34. The largest absolute Gasteiger partial charge is 0.380 e. The average molecular weight is 402 g/mol. The van der Waals surface area contributed by atoms with Gasteiger partial charge in [-0.15, -0.1) is 0 Å². The Labute approximate surface area is 176 Å². The van der Waals surface area contributed by atoms with Crippen molar-refractivity contribution in [1.82, 2.24) is 19.8 Å². The number of likely N-dealkylation sites (tertiary alicyclic amines) is 1. The maximum Gasteiger partial charge on any atom is 0.273 e. The van der Waals surface area contributed by atoms with Crippen molar-refractivity contribution in [3.05, 3.63) is 72.3 Å². The molecular weight excluding hydrogens is 376 g/mol. The summed E-state index contributed by atoms with van der Waals surface area (Å²) in [4.78, 5) is 26.5. The molecule has 6 nitrogen and oxygen atoms in total. The summed E-state index contributed by atoms with van der Waals surface area (Å²) >= 11 is 0. The topological polar surface area (TPSA) is 58.6 Å². The third kappa shape index (κ3) is 3.80. The van der Waals surface area contributed by atoms with Crippen LogP contribution in [0, 0.1) is 5.92 Å². The SMILES string of the molecule is O=C(c1nccc2ccccc12)N1CC[C@@H]2COCCN(Cc3ccncc3)[C@@H]2C1. The summed E-state index contributed by atoms with van der Waals surface area (Å²) in [7, 11) is 0. The smallest absolute Gasteiger partial charge is 0.273 e. The number of rotatable bonds is 3. The van der Waals surface area contributed by atoms with E-state index in [9.17, 15) is 4.79 Å². The molecule has 5 rings (SSSR count). The fraction of sp³-hybridized carbons (Fsp3) is 0.375. The van der Waals surface area contributed by atoms with Crippen LogP contribution in [0.3, 0.4) is 0 Å². The lowest BCUT2D eigenvalue weighted by atomic mass is 9.90. The first-order valence-electron chi connectivity index (χ1n) is 10.6. The molecule has 0 saturated carbocycles. The van der Waals surface area contributed by atoms with Gasteiger partial charge in [-0.25, -0.2) is 0 Å². The predicted molar refractivity (Wildman–Crippen MR) is 115 cm³/mol. The van der Waals surface area contributed by atoms with E-state index in [4.69, 9.17) is 4.74 Å². The minimum absolute atomic E-state index is 0.0271. The number of hydrogen-bond acceptors (Lipinski definition) is 5. The highest BCUT2D eigenvalue weighted by molar-refractivity contribution is 6.05. The van der Waals surface area contributed by atoms with Gasteiger partial charge in [0, 0.05) is 62.1 Å². The molecule has 0 radical (unpaired) electrons. The van der Waals surface area contributed by atoms with Gasteiger partial charge in [0.2, 0.25) is 0 Å². The Morgan fingerprint density at radius 3 is 2.83 bits per heavy atom. The van der Waals surface area contributed by atoms with E-state index < -0.39 is 0 Å². The predicted octanol–water partition coefficient (Wildman–Crippen LogP) is 2.99. The van der Waals surface area contributed by atoms with Gasteiger partial charge >= 0.3 is 0 Å². The van der Waals surface area contributed by atoms with Crippen molar-refractivity contribution in [3.8, 4) is 0 Å². The van der Waals surface area contributed by atoms with E-state index in [1.54, 1.807) is 6.20 Å². The standard InChI is InChI=1S/C24H26N4O2/c29-24(23-21-4-2-1-3-19(21)7-11-26-23)28-12-8-20-17-30-14-13-27(22(20)16-28)15-18-5-9-25-10-6-18/h1-7,9-11,20,22H,8,12-17H2/t20-,22-/m1/s1. The molecule has 2 aliphatic heterocycles. The summed E-state index contributed by atoms with van der Waals surface area (Å²) in [5.74, 6) is 0.471. The van der Waals surface area contributed by atoms with E-state index in [1.165, 1.54) is 5.56 Å². The first-order valence-corrected chi connectivity index (χ1v) is 10.6. The summed E-state index contributed by atoms with van der Waals surface area (Å²) in [6.45, 7) is 4.68. The second kappa shape index (κ2) is 8.50. The Morgan fingerprint density at radius 2 is 1.93 bits per heavy atom. The van der Waals surface area contributed by atoms with E-state index in [0.717, 1.165) is 50.0 Å². The zero-order chi connectivity index (χ0) is 20.3. The molecule has 3 aromatic rings. The van der Waals surface area contributed by atoms with Crippen LogP contribution in [0.25, 0.3) is 10.8 Å². The van der Waals surface area contributed by atoms with Gasteiger partial charge < -0.3 is 9.64 Å². The maximum absolute atomic E-state index is 13.4. The van der Waals surface area contributed by atoms with Crippen LogP contribution in [-0.2, 0) is 11.3 Å². The summed E-state index contributed by atoms with van der Waals surface area (Å²) < 4.78 is 5.90. The van der Waals surface area contributed by atoms with Crippen molar-refractivity contribution in [2.75, 3.05) is 32.8 Å². The Bertz CT molecular complexity index is 1020. The Kier molecular flexibility index (Phi) is 5.43. The molecule has 4 heterocycles. The number of hydrogen-bond donors (Lipinski definition) is 0. The van der Waals surface area contributed by atoms with Gasteiger partial charge in [0.15, 0.2) is 0 Å². The number of benzene rings is 1. The van der Waals surface area contributed by atoms with Crippen molar-refractivity contribution < 1.29 is 9.53 Å². The lowest BCUT2D eigenvalue weighted by Gasteiger charge is -2.42. The molecule has 2 fully saturated rings. The lowest BCUT2D eigenvalue weighted by Crippen LogP contribution is -2.54. The number of fused-ring (bicyclic) bond motifs is 2. The van der Waals surface area contributed by atoms with Crippen LogP contribution in [0.15, 0.2) is 61.1 Å². The molecule has 30 heavy (non-hydrogen) atoms. The summed E-state index contributed by atoms with van der Waals surface area (Å²) in [6.07, 6.45) is 6.36. The highest BCUT2D eigenvalue weighted by Crippen LogP contribution is 2.28. The number of amides is 1. The van der Waals surface area contributed by atoms with Gasteiger partial charge in [-0.3, -0.25) is 19.7 Å². The summed E-state index contributed by atoms with van der Waals surface area (Å²) in [6, 6.07) is 14.3. The Morgan fingerprint density at radius 1 is 1.07 bits per heavy atom. The first-order chi connectivity index (χ1) is 14.8. The number of ether oxygens (including phenoxy) is 1. The van der Waals surface area contributed by atoms with Crippen LogP contribution in [0.4, 0.5) is 0 Å². The summed E-state index contributed by atoms with van der Waals surface area (Å²) in [5.41, 5.74) is 1.79. The molecule has 154 valence electrons. The Hall–Kier alpha value is -2.83.